The van der Waals surface area contributed by atoms with E-state index in [2.05, 4.69) is 15.3 Å². The van der Waals surface area contributed by atoms with Crippen LogP contribution in [0, 0.1) is 0 Å². The quantitative estimate of drug-likeness (QED) is 0.863. The Kier molecular flexibility index (Phi) is 4.45. The highest BCUT2D eigenvalue weighted by Gasteiger charge is 2.05. The van der Waals surface area contributed by atoms with E-state index in [1.807, 2.05) is 13.0 Å². The number of aromatic nitrogens is 2. The number of anilines is 2. The SMILES string of the molecule is CCc1nc(Cl)cc(Nc2ccc(OC)c(Cl)c2)n1. The van der Waals surface area contributed by atoms with Gasteiger partial charge in [-0.1, -0.05) is 30.1 Å². The lowest BCUT2D eigenvalue weighted by molar-refractivity contribution is 0.415. The van der Waals surface area contributed by atoms with Gasteiger partial charge < -0.3 is 10.1 Å². The van der Waals surface area contributed by atoms with Gasteiger partial charge in [-0.15, -0.1) is 0 Å². The highest BCUT2D eigenvalue weighted by molar-refractivity contribution is 6.32. The lowest BCUT2D eigenvalue weighted by Crippen LogP contribution is -1.99. The number of hydrogen-bond acceptors (Lipinski definition) is 4. The van der Waals surface area contributed by atoms with Crippen LogP contribution in [0.25, 0.3) is 0 Å². The Labute approximate surface area is 121 Å². The summed E-state index contributed by atoms with van der Waals surface area (Å²) in [5.41, 5.74) is 0.808. The predicted octanol–water partition coefficient (Wildman–Crippen LogP) is 4.10. The van der Waals surface area contributed by atoms with E-state index < -0.39 is 0 Å². The summed E-state index contributed by atoms with van der Waals surface area (Å²) < 4.78 is 5.10. The number of ether oxygens (including phenoxy) is 1. The van der Waals surface area contributed by atoms with Gasteiger partial charge in [0.1, 0.15) is 22.5 Å². The first-order valence-electron chi connectivity index (χ1n) is 5.76. The van der Waals surface area contributed by atoms with Crippen LogP contribution in [-0.4, -0.2) is 17.1 Å². The number of nitrogens with zero attached hydrogens (tertiary/aromatic N) is 2. The zero-order valence-electron chi connectivity index (χ0n) is 10.6. The fourth-order valence-electron chi connectivity index (χ4n) is 1.58. The topological polar surface area (TPSA) is 47.0 Å². The summed E-state index contributed by atoms with van der Waals surface area (Å²) in [6, 6.07) is 7.07. The molecule has 0 aliphatic heterocycles. The average Bonchev–Trinajstić information content (AvgIpc) is 2.38. The van der Waals surface area contributed by atoms with Crippen molar-refractivity contribution in [3.8, 4) is 5.75 Å². The second kappa shape index (κ2) is 6.08. The highest BCUT2D eigenvalue weighted by Crippen LogP contribution is 2.28. The van der Waals surface area contributed by atoms with Gasteiger partial charge in [0.15, 0.2) is 0 Å². The first kappa shape index (κ1) is 13.9. The van der Waals surface area contributed by atoms with E-state index in [1.165, 1.54) is 0 Å². The minimum Gasteiger partial charge on any atom is -0.495 e. The molecule has 0 unspecified atom stereocenters. The molecule has 1 heterocycles. The standard InChI is InChI=1S/C13H13Cl2N3O/c1-3-12-17-11(15)7-13(18-12)16-8-4-5-10(19-2)9(14)6-8/h4-7H,3H2,1-2H3,(H,16,17,18). The molecule has 0 atom stereocenters. The van der Waals surface area contributed by atoms with Crippen molar-refractivity contribution in [2.24, 2.45) is 0 Å². The van der Waals surface area contributed by atoms with Gasteiger partial charge in [0.25, 0.3) is 0 Å². The van der Waals surface area contributed by atoms with Crippen LogP contribution in [0.3, 0.4) is 0 Å². The number of aryl methyl sites for hydroxylation is 1. The number of benzene rings is 1. The molecule has 2 aromatic rings. The van der Waals surface area contributed by atoms with Crippen LogP contribution < -0.4 is 10.1 Å². The van der Waals surface area contributed by atoms with Crippen molar-refractivity contribution in [2.75, 3.05) is 12.4 Å². The first-order valence-corrected chi connectivity index (χ1v) is 6.52. The van der Waals surface area contributed by atoms with Crippen LogP contribution in [0.4, 0.5) is 11.5 Å². The van der Waals surface area contributed by atoms with E-state index in [1.54, 1.807) is 25.3 Å². The van der Waals surface area contributed by atoms with Crippen molar-refractivity contribution in [2.45, 2.75) is 13.3 Å². The third-order valence-corrected chi connectivity index (χ3v) is 2.97. The van der Waals surface area contributed by atoms with Crippen LogP contribution in [0.5, 0.6) is 5.75 Å². The minimum atomic E-state index is 0.411. The molecule has 6 heteroatoms. The van der Waals surface area contributed by atoms with E-state index >= 15 is 0 Å². The predicted molar refractivity (Wildman–Crippen MR) is 77.7 cm³/mol. The smallest absolute Gasteiger partial charge is 0.137 e. The summed E-state index contributed by atoms with van der Waals surface area (Å²) in [6.07, 6.45) is 0.721. The van der Waals surface area contributed by atoms with Gasteiger partial charge in [-0.2, -0.15) is 0 Å². The number of halogens is 2. The molecule has 19 heavy (non-hydrogen) atoms. The molecule has 100 valence electrons. The van der Waals surface area contributed by atoms with E-state index in [0.29, 0.717) is 27.6 Å². The fourth-order valence-corrected chi connectivity index (χ4v) is 2.04. The lowest BCUT2D eigenvalue weighted by atomic mass is 10.3. The Morgan fingerprint density at radius 1 is 1.21 bits per heavy atom. The van der Waals surface area contributed by atoms with Crippen LogP contribution >= 0.6 is 23.2 Å². The van der Waals surface area contributed by atoms with Crippen LogP contribution in [0.1, 0.15) is 12.7 Å². The van der Waals surface area contributed by atoms with Crippen LogP contribution in [-0.2, 0) is 6.42 Å². The van der Waals surface area contributed by atoms with Crippen molar-refractivity contribution in [3.63, 3.8) is 0 Å². The van der Waals surface area contributed by atoms with E-state index in [4.69, 9.17) is 27.9 Å². The molecule has 4 nitrogen and oxygen atoms in total. The van der Waals surface area contributed by atoms with Gasteiger partial charge in [-0.05, 0) is 18.2 Å². The maximum Gasteiger partial charge on any atom is 0.137 e. The van der Waals surface area contributed by atoms with E-state index in [9.17, 15) is 0 Å². The monoisotopic (exact) mass is 297 g/mol. The summed E-state index contributed by atoms with van der Waals surface area (Å²) in [5.74, 6) is 1.95. The van der Waals surface area contributed by atoms with E-state index in [-0.39, 0.29) is 0 Å². The van der Waals surface area contributed by atoms with Crippen molar-refractivity contribution in [1.82, 2.24) is 9.97 Å². The molecule has 0 saturated carbocycles. The zero-order valence-corrected chi connectivity index (χ0v) is 12.1. The van der Waals surface area contributed by atoms with Crippen molar-refractivity contribution < 1.29 is 4.74 Å². The maximum atomic E-state index is 6.06. The minimum absolute atomic E-state index is 0.411. The van der Waals surface area contributed by atoms with Gasteiger partial charge in [0.2, 0.25) is 0 Å². The molecule has 0 radical (unpaired) electrons. The Hall–Kier alpha value is -1.52. The van der Waals surface area contributed by atoms with Gasteiger partial charge in [0, 0.05) is 18.2 Å². The van der Waals surface area contributed by atoms with Crippen molar-refractivity contribution >= 4 is 34.7 Å². The number of hydrogen-bond donors (Lipinski definition) is 1. The maximum absolute atomic E-state index is 6.06. The molecule has 0 fully saturated rings. The van der Waals surface area contributed by atoms with E-state index in [0.717, 1.165) is 12.1 Å². The molecule has 0 amide bonds. The Morgan fingerprint density at radius 3 is 2.63 bits per heavy atom. The third-order valence-electron chi connectivity index (χ3n) is 2.48. The molecule has 0 bridgehead atoms. The van der Waals surface area contributed by atoms with Crippen LogP contribution in [0.15, 0.2) is 24.3 Å². The van der Waals surface area contributed by atoms with Gasteiger partial charge >= 0.3 is 0 Å². The average molecular weight is 298 g/mol. The summed E-state index contributed by atoms with van der Waals surface area (Å²) in [5, 5.41) is 4.08. The third kappa shape index (κ3) is 3.49. The molecule has 1 N–H and O–H groups in total. The molecular formula is C13H13Cl2N3O. The number of nitrogens with one attached hydrogen (secondary N) is 1. The molecule has 0 spiro atoms. The summed E-state index contributed by atoms with van der Waals surface area (Å²) >= 11 is 12.0. The van der Waals surface area contributed by atoms with Crippen molar-refractivity contribution in [1.29, 1.82) is 0 Å². The molecule has 2 rings (SSSR count). The number of rotatable bonds is 4. The fraction of sp³-hybridized carbons (Fsp3) is 0.231. The molecular weight excluding hydrogens is 285 g/mol. The van der Waals surface area contributed by atoms with Gasteiger partial charge in [-0.25, -0.2) is 9.97 Å². The Morgan fingerprint density at radius 2 is 2.00 bits per heavy atom. The summed E-state index contributed by atoms with van der Waals surface area (Å²) in [6.45, 7) is 1.97. The van der Waals surface area contributed by atoms with Gasteiger partial charge in [0.05, 0.1) is 12.1 Å². The van der Waals surface area contributed by atoms with Gasteiger partial charge in [-0.3, -0.25) is 0 Å². The summed E-state index contributed by atoms with van der Waals surface area (Å²) in [4.78, 5) is 8.45. The number of methoxy groups -OCH3 is 1. The molecule has 1 aromatic heterocycles. The second-order valence-electron chi connectivity index (χ2n) is 3.82. The second-order valence-corrected chi connectivity index (χ2v) is 4.61. The van der Waals surface area contributed by atoms with Crippen molar-refractivity contribution in [3.05, 3.63) is 40.3 Å². The summed E-state index contributed by atoms with van der Waals surface area (Å²) in [7, 11) is 1.58. The zero-order chi connectivity index (χ0) is 13.8. The Bertz CT molecular complexity index is 590. The lowest BCUT2D eigenvalue weighted by Gasteiger charge is -2.09. The highest BCUT2D eigenvalue weighted by atomic mass is 35.5. The first-order chi connectivity index (χ1) is 9.12. The molecule has 1 aromatic carbocycles. The normalized spacial score (nSPS) is 10.3. The Balaban J connectivity index is 2.25. The largest absolute Gasteiger partial charge is 0.495 e. The molecule has 0 aliphatic rings. The van der Waals surface area contributed by atoms with Crippen LogP contribution in [0.2, 0.25) is 10.2 Å². The molecule has 0 aliphatic carbocycles. The molecule has 0 saturated heterocycles.